The van der Waals surface area contributed by atoms with Gasteiger partial charge < -0.3 is 10.1 Å². The molecule has 1 atom stereocenters. The first-order chi connectivity index (χ1) is 9.22. The molecule has 0 heterocycles. The molecule has 0 spiro atoms. The maximum Gasteiger partial charge on any atom is 0.123 e. The maximum absolute atomic E-state index is 6.15. The Bertz CT molecular complexity index is 542. The molecule has 0 bridgehead atoms. The Morgan fingerprint density at radius 2 is 1.79 bits per heavy atom. The highest BCUT2D eigenvalue weighted by Crippen LogP contribution is 2.25. The predicted octanol–water partition coefficient (Wildman–Crippen LogP) is 4.20. The summed E-state index contributed by atoms with van der Waals surface area (Å²) in [7, 11) is 1.69. The molecule has 0 aliphatic heterocycles. The van der Waals surface area contributed by atoms with Gasteiger partial charge in [-0.3, -0.25) is 0 Å². The number of nitrogens with one attached hydrogen (secondary N) is 1. The minimum absolute atomic E-state index is 0.201. The molecular weight excluding hydrogens is 258 g/mol. The lowest BCUT2D eigenvalue weighted by Gasteiger charge is -2.17. The van der Waals surface area contributed by atoms with Gasteiger partial charge in [0.05, 0.1) is 7.11 Å². The molecule has 0 aliphatic carbocycles. The summed E-state index contributed by atoms with van der Waals surface area (Å²) >= 11 is 6.15. The van der Waals surface area contributed by atoms with E-state index in [1.54, 1.807) is 7.11 Å². The molecular formula is C16H18ClNO. The first-order valence-electron chi connectivity index (χ1n) is 6.32. The third-order valence-corrected chi connectivity index (χ3v) is 3.53. The zero-order chi connectivity index (χ0) is 13.7. The van der Waals surface area contributed by atoms with Crippen molar-refractivity contribution >= 4 is 11.6 Å². The standard InChI is InChI=1S/C16H18ClNO/c1-12(14-8-4-6-10-16(14)19-2)18-11-13-7-3-5-9-15(13)17/h3-10,12,18H,11H2,1-2H3/t12-/m1/s1. The summed E-state index contributed by atoms with van der Waals surface area (Å²) in [4.78, 5) is 0. The highest BCUT2D eigenvalue weighted by Gasteiger charge is 2.10. The van der Waals surface area contributed by atoms with Crippen LogP contribution >= 0.6 is 11.6 Å². The molecule has 2 aromatic rings. The van der Waals surface area contributed by atoms with E-state index in [1.807, 2.05) is 42.5 Å². The van der Waals surface area contributed by atoms with Gasteiger partial charge in [-0.2, -0.15) is 0 Å². The van der Waals surface area contributed by atoms with Crippen LogP contribution in [0.3, 0.4) is 0 Å². The van der Waals surface area contributed by atoms with Gasteiger partial charge in [0.2, 0.25) is 0 Å². The average molecular weight is 276 g/mol. The Morgan fingerprint density at radius 1 is 1.11 bits per heavy atom. The lowest BCUT2D eigenvalue weighted by atomic mass is 10.1. The maximum atomic E-state index is 6.15. The van der Waals surface area contributed by atoms with E-state index in [1.165, 1.54) is 0 Å². The van der Waals surface area contributed by atoms with Crippen LogP contribution in [-0.2, 0) is 6.54 Å². The second-order valence-corrected chi connectivity index (χ2v) is 4.84. The van der Waals surface area contributed by atoms with Crippen LogP contribution in [0.15, 0.2) is 48.5 Å². The van der Waals surface area contributed by atoms with Crippen LogP contribution in [0.5, 0.6) is 5.75 Å². The van der Waals surface area contributed by atoms with E-state index in [-0.39, 0.29) is 6.04 Å². The molecule has 100 valence electrons. The minimum atomic E-state index is 0.201. The molecule has 0 fully saturated rings. The molecule has 0 amide bonds. The number of methoxy groups -OCH3 is 1. The molecule has 19 heavy (non-hydrogen) atoms. The van der Waals surface area contributed by atoms with E-state index in [0.717, 1.165) is 28.4 Å². The smallest absolute Gasteiger partial charge is 0.123 e. The SMILES string of the molecule is COc1ccccc1[C@@H](C)NCc1ccccc1Cl. The van der Waals surface area contributed by atoms with Crippen LogP contribution in [0.4, 0.5) is 0 Å². The van der Waals surface area contributed by atoms with Crippen molar-refractivity contribution in [2.45, 2.75) is 19.5 Å². The van der Waals surface area contributed by atoms with Gasteiger partial charge >= 0.3 is 0 Å². The van der Waals surface area contributed by atoms with E-state index >= 15 is 0 Å². The Kier molecular flexibility index (Phi) is 4.83. The fraction of sp³-hybridized carbons (Fsp3) is 0.250. The van der Waals surface area contributed by atoms with E-state index in [9.17, 15) is 0 Å². The van der Waals surface area contributed by atoms with Crippen LogP contribution < -0.4 is 10.1 Å². The van der Waals surface area contributed by atoms with Gasteiger partial charge in [-0.15, -0.1) is 0 Å². The Balaban J connectivity index is 2.05. The van der Waals surface area contributed by atoms with E-state index < -0.39 is 0 Å². The van der Waals surface area contributed by atoms with Crippen molar-refractivity contribution in [1.29, 1.82) is 0 Å². The molecule has 2 nitrogen and oxygen atoms in total. The summed E-state index contributed by atoms with van der Waals surface area (Å²) in [5.41, 5.74) is 2.25. The first-order valence-corrected chi connectivity index (χ1v) is 6.70. The van der Waals surface area contributed by atoms with Crippen LogP contribution in [0.2, 0.25) is 5.02 Å². The molecule has 1 N–H and O–H groups in total. The second kappa shape index (κ2) is 6.60. The van der Waals surface area contributed by atoms with Crippen LogP contribution in [0.25, 0.3) is 0 Å². The Hall–Kier alpha value is -1.51. The predicted molar refractivity (Wildman–Crippen MR) is 79.7 cm³/mol. The summed E-state index contributed by atoms with van der Waals surface area (Å²) in [5.74, 6) is 0.904. The van der Waals surface area contributed by atoms with Crippen molar-refractivity contribution in [3.63, 3.8) is 0 Å². The number of halogens is 1. The number of hydrogen-bond donors (Lipinski definition) is 1. The topological polar surface area (TPSA) is 21.3 Å². The second-order valence-electron chi connectivity index (χ2n) is 4.44. The molecule has 0 saturated heterocycles. The van der Waals surface area contributed by atoms with Gasteiger partial charge in [0, 0.05) is 23.2 Å². The third-order valence-electron chi connectivity index (χ3n) is 3.16. The van der Waals surface area contributed by atoms with Crippen molar-refractivity contribution in [3.05, 3.63) is 64.7 Å². The lowest BCUT2D eigenvalue weighted by Crippen LogP contribution is -2.18. The number of hydrogen-bond acceptors (Lipinski definition) is 2. The minimum Gasteiger partial charge on any atom is -0.496 e. The number of rotatable bonds is 5. The van der Waals surface area contributed by atoms with Crippen molar-refractivity contribution in [2.75, 3.05) is 7.11 Å². The molecule has 0 unspecified atom stereocenters. The highest BCUT2D eigenvalue weighted by molar-refractivity contribution is 6.31. The summed E-state index contributed by atoms with van der Waals surface area (Å²) in [6.07, 6.45) is 0. The fourth-order valence-electron chi connectivity index (χ4n) is 2.04. The normalized spacial score (nSPS) is 12.2. The van der Waals surface area contributed by atoms with Crippen LogP contribution in [0.1, 0.15) is 24.1 Å². The summed E-state index contributed by atoms with van der Waals surface area (Å²) in [6, 6.07) is 16.1. The Labute approximate surface area is 119 Å². The summed E-state index contributed by atoms with van der Waals surface area (Å²) < 4.78 is 5.38. The molecule has 2 aromatic carbocycles. The van der Waals surface area contributed by atoms with Crippen molar-refractivity contribution in [2.24, 2.45) is 0 Å². The van der Waals surface area contributed by atoms with E-state index in [0.29, 0.717) is 0 Å². The van der Waals surface area contributed by atoms with Gasteiger partial charge in [-0.25, -0.2) is 0 Å². The van der Waals surface area contributed by atoms with E-state index in [2.05, 4.69) is 18.3 Å². The summed E-state index contributed by atoms with van der Waals surface area (Å²) in [5, 5.41) is 4.26. The largest absolute Gasteiger partial charge is 0.496 e. The molecule has 3 heteroatoms. The van der Waals surface area contributed by atoms with E-state index in [4.69, 9.17) is 16.3 Å². The van der Waals surface area contributed by atoms with Crippen LogP contribution in [0, 0.1) is 0 Å². The lowest BCUT2D eigenvalue weighted by molar-refractivity contribution is 0.401. The average Bonchev–Trinajstić information content (AvgIpc) is 2.46. The first kappa shape index (κ1) is 13.9. The monoisotopic (exact) mass is 275 g/mol. The van der Waals surface area contributed by atoms with Gasteiger partial charge in [0.15, 0.2) is 0 Å². The fourth-order valence-corrected chi connectivity index (χ4v) is 2.24. The van der Waals surface area contributed by atoms with Crippen LogP contribution in [-0.4, -0.2) is 7.11 Å². The number of benzene rings is 2. The zero-order valence-electron chi connectivity index (χ0n) is 11.2. The van der Waals surface area contributed by atoms with Crippen molar-refractivity contribution < 1.29 is 4.74 Å². The molecule has 0 aliphatic rings. The molecule has 0 radical (unpaired) electrons. The molecule has 2 rings (SSSR count). The highest BCUT2D eigenvalue weighted by atomic mass is 35.5. The molecule has 0 aromatic heterocycles. The summed E-state index contributed by atoms with van der Waals surface area (Å²) in [6.45, 7) is 2.85. The Morgan fingerprint density at radius 3 is 2.53 bits per heavy atom. The number of para-hydroxylation sites is 1. The molecule has 0 saturated carbocycles. The van der Waals surface area contributed by atoms with Gasteiger partial charge in [-0.1, -0.05) is 48.0 Å². The van der Waals surface area contributed by atoms with Crippen molar-refractivity contribution in [1.82, 2.24) is 5.32 Å². The van der Waals surface area contributed by atoms with Gasteiger partial charge in [0.25, 0.3) is 0 Å². The third kappa shape index (κ3) is 3.49. The quantitative estimate of drug-likeness (QED) is 0.883. The van der Waals surface area contributed by atoms with Crippen molar-refractivity contribution in [3.8, 4) is 5.75 Å². The number of ether oxygens (including phenoxy) is 1. The van der Waals surface area contributed by atoms with Gasteiger partial charge in [0.1, 0.15) is 5.75 Å². The van der Waals surface area contributed by atoms with Gasteiger partial charge in [-0.05, 0) is 24.6 Å². The zero-order valence-corrected chi connectivity index (χ0v) is 11.9.